The van der Waals surface area contributed by atoms with E-state index in [4.69, 9.17) is 17.0 Å². The zero-order valence-electron chi connectivity index (χ0n) is 18.1. The summed E-state index contributed by atoms with van der Waals surface area (Å²) < 4.78 is 7.11. The number of thioether (sulfide) groups is 1. The van der Waals surface area contributed by atoms with Crippen molar-refractivity contribution < 1.29 is 14.5 Å². The molecule has 0 aliphatic carbocycles. The van der Waals surface area contributed by atoms with Gasteiger partial charge in [0.1, 0.15) is 16.7 Å². The normalized spacial score (nSPS) is 14.6. The van der Waals surface area contributed by atoms with Crippen molar-refractivity contribution in [1.82, 2.24) is 4.90 Å². The minimum atomic E-state index is -0.434. The molecule has 1 fully saturated rings. The minimum Gasteiger partial charge on any atom is -0.488 e. The number of benzene rings is 3. The van der Waals surface area contributed by atoms with Gasteiger partial charge in [-0.1, -0.05) is 59.9 Å². The van der Waals surface area contributed by atoms with Crippen LogP contribution in [-0.4, -0.2) is 20.1 Å². The van der Waals surface area contributed by atoms with Crippen molar-refractivity contribution in [1.29, 1.82) is 0 Å². The van der Waals surface area contributed by atoms with Crippen molar-refractivity contribution in [2.45, 2.75) is 20.1 Å². The van der Waals surface area contributed by atoms with E-state index in [1.807, 2.05) is 55.5 Å². The van der Waals surface area contributed by atoms with Gasteiger partial charge in [0, 0.05) is 12.1 Å². The van der Waals surface area contributed by atoms with E-state index in [0.717, 1.165) is 21.2 Å². The summed E-state index contributed by atoms with van der Waals surface area (Å²) in [4.78, 5) is 25.5. The monoisotopic (exact) mass is 554 g/mol. The van der Waals surface area contributed by atoms with E-state index in [9.17, 15) is 14.9 Å². The molecule has 34 heavy (non-hydrogen) atoms. The van der Waals surface area contributed by atoms with Crippen LogP contribution in [0, 0.1) is 17.0 Å². The molecule has 4 rings (SSSR count). The molecule has 0 N–H and O–H groups in total. The molecule has 9 heteroatoms. The number of halogens is 1. The molecule has 3 aromatic rings. The van der Waals surface area contributed by atoms with Gasteiger partial charge in [0.25, 0.3) is 11.6 Å². The van der Waals surface area contributed by atoms with Crippen LogP contribution in [0.4, 0.5) is 5.69 Å². The molecule has 172 valence electrons. The first-order chi connectivity index (χ1) is 16.3. The summed E-state index contributed by atoms with van der Waals surface area (Å²) in [5.41, 5.74) is 3.89. The lowest BCUT2D eigenvalue weighted by Crippen LogP contribution is -2.27. The lowest BCUT2D eigenvalue weighted by Gasteiger charge is -2.14. The van der Waals surface area contributed by atoms with Gasteiger partial charge in [0.2, 0.25) is 0 Å². The molecule has 1 aliphatic heterocycles. The van der Waals surface area contributed by atoms with Crippen LogP contribution in [0.3, 0.4) is 0 Å². The second kappa shape index (κ2) is 10.5. The Bertz CT molecular complexity index is 1290. The van der Waals surface area contributed by atoms with E-state index in [1.54, 1.807) is 17.0 Å². The molecule has 0 atom stereocenters. The highest BCUT2D eigenvalue weighted by Gasteiger charge is 2.32. The number of hydrogen-bond donors (Lipinski definition) is 0. The predicted molar refractivity (Wildman–Crippen MR) is 141 cm³/mol. The van der Waals surface area contributed by atoms with Crippen LogP contribution in [0.2, 0.25) is 0 Å². The standard InChI is InChI=1S/C25H19BrN2O4S2/c1-16-2-4-17(5-3-16)14-27-24(29)23(34-25(27)33)13-19-8-11-22(21(26)12-19)32-15-18-6-9-20(10-7-18)28(30)31/h2-13H,14-15H2,1H3/b23-13-. The summed E-state index contributed by atoms with van der Waals surface area (Å²) in [6, 6.07) is 19.8. The summed E-state index contributed by atoms with van der Waals surface area (Å²) in [6.45, 7) is 2.74. The summed E-state index contributed by atoms with van der Waals surface area (Å²) in [5.74, 6) is 0.521. The van der Waals surface area contributed by atoms with Gasteiger partial charge in [-0.3, -0.25) is 19.8 Å². The molecule has 1 amide bonds. The maximum Gasteiger partial charge on any atom is 0.269 e. The van der Waals surface area contributed by atoms with Crippen LogP contribution < -0.4 is 4.74 Å². The van der Waals surface area contributed by atoms with Crippen molar-refractivity contribution in [3.05, 3.63) is 108 Å². The van der Waals surface area contributed by atoms with E-state index in [2.05, 4.69) is 15.9 Å². The lowest BCUT2D eigenvalue weighted by molar-refractivity contribution is -0.384. The second-order valence-corrected chi connectivity index (χ2v) is 10.2. The lowest BCUT2D eigenvalue weighted by atomic mass is 10.1. The van der Waals surface area contributed by atoms with Crippen LogP contribution >= 0.6 is 39.9 Å². The largest absolute Gasteiger partial charge is 0.488 e. The molecule has 3 aromatic carbocycles. The summed E-state index contributed by atoms with van der Waals surface area (Å²) in [6.07, 6.45) is 1.82. The number of ether oxygens (including phenoxy) is 1. The van der Waals surface area contributed by atoms with Gasteiger partial charge < -0.3 is 4.74 Å². The molecule has 1 heterocycles. The zero-order chi connectivity index (χ0) is 24.2. The van der Waals surface area contributed by atoms with Crippen molar-refractivity contribution in [3.63, 3.8) is 0 Å². The smallest absolute Gasteiger partial charge is 0.269 e. The van der Waals surface area contributed by atoms with E-state index < -0.39 is 4.92 Å². The number of nitro benzene ring substituents is 1. The van der Waals surface area contributed by atoms with Gasteiger partial charge in [0.05, 0.1) is 20.8 Å². The predicted octanol–water partition coefficient (Wildman–Crippen LogP) is 6.65. The fourth-order valence-electron chi connectivity index (χ4n) is 3.26. The number of carbonyl (C=O) groups is 1. The molecule has 0 spiro atoms. The number of rotatable bonds is 7. The number of hydrogen-bond acceptors (Lipinski definition) is 6. The van der Waals surface area contributed by atoms with Crippen molar-refractivity contribution in [2.24, 2.45) is 0 Å². The summed E-state index contributed by atoms with van der Waals surface area (Å²) in [7, 11) is 0. The van der Waals surface area contributed by atoms with Crippen LogP contribution in [-0.2, 0) is 17.9 Å². The Morgan fingerprint density at radius 3 is 2.41 bits per heavy atom. The first kappa shape index (κ1) is 24.1. The van der Waals surface area contributed by atoms with Crippen molar-refractivity contribution in [2.75, 3.05) is 0 Å². The summed E-state index contributed by atoms with van der Waals surface area (Å²) >= 11 is 10.3. The zero-order valence-corrected chi connectivity index (χ0v) is 21.3. The number of thiocarbonyl (C=S) groups is 1. The molecule has 1 aliphatic rings. The maximum absolute atomic E-state index is 12.9. The first-order valence-electron chi connectivity index (χ1n) is 10.3. The Morgan fingerprint density at radius 1 is 1.09 bits per heavy atom. The second-order valence-electron chi connectivity index (χ2n) is 7.66. The maximum atomic E-state index is 12.9. The van der Waals surface area contributed by atoms with Gasteiger partial charge in [-0.25, -0.2) is 0 Å². The molecule has 1 saturated heterocycles. The number of aryl methyl sites for hydroxylation is 1. The molecule has 0 saturated carbocycles. The molecule has 0 bridgehead atoms. The SMILES string of the molecule is Cc1ccc(CN2C(=O)/C(=C/c3ccc(OCc4ccc([N+](=O)[O-])cc4)c(Br)c3)SC2=S)cc1. The Kier molecular flexibility index (Phi) is 7.45. The third-order valence-electron chi connectivity index (χ3n) is 5.13. The Balaban J connectivity index is 1.42. The van der Waals surface area contributed by atoms with E-state index in [0.29, 0.717) is 21.5 Å². The van der Waals surface area contributed by atoms with Crippen LogP contribution in [0.5, 0.6) is 5.75 Å². The minimum absolute atomic E-state index is 0.0403. The molecular formula is C25H19BrN2O4S2. The van der Waals surface area contributed by atoms with Gasteiger partial charge in [-0.05, 0) is 69.9 Å². The molecule has 0 aromatic heterocycles. The van der Waals surface area contributed by atoms with Crippen LogP contribution in [0.1, 0.15) is 22.3 Å². The Hall–Kier alpha value is -3.01. The van der Waals surface area contributed by atoms with Crippen LogP contribution in [0.25, 0.3) is 6.08 Å². The molecule has 0 radical (unpaired) electrons. The Morgan fingerprint density at radius 2 is 1.76 bits per heavy atom. The van der Waals surface area contributed by atoms with Crippen LogP contribution in [0.15, 0.2) is 76.1 Å². The average Bonchev–Trinajstić information content (AvgIpc) is 3.07. The topological polar surface area (TPSA) is 72.7 Å². The van der Waals surface area contributed by atoms with Crippen molar-refractivity contribution >= 4 is 61.9 Å². The van der Waals surface area contributed by atoms with Gasteiger partial charge >= 0.3 is 0 Å². The summed E-state index contributed by atoms with van der Waals surface area (Å²) in [5, 5.41) is 10.8. The van der Waals surface area contributed by atoms with Gasteiger partial charge in [0.15, 0.2) is 0 Å². The van der Waals surface area contributed by atoms with E-state index in [1.165, 1.54) is 29.5 Å². The fraction of sp³-hybridized carbons (Fsp3) is 0.120. The third kappa shape index (κ3) is 5.72. The fourth-order valence-corrected chi connectivity index (χ4v) is 5.03. The van der Waals surface area contributed by atoms with E-state index >= 15 is 0 Å². The van der Waals surface area contributed by atoms with E-state index in [-0.39, 0.29) is 18.2 Å². The average molecular weight is 555 g/mol. The third-order valence-corrected chi connectivity index (χ3v) is 7.13. The molecule has 0 unspecified atom stereocenters. The van der Waals surface area contributed by atoms with Gasteiger partial charge in [-0.15, -0.1) is 0 Å². The quantitative estimate of drug-likeness (QED) is 0.141. The number of carbonyl (C=O) groups excluding carboxylic acids is 1. The highest BCUT2D eigenvalue weighted by molar-refractivity contribution is 9.10. The number of nitro groups is 1. The number of non-ortho nitro benzene ring substituents is 1. The first-order valence-corrected chi connectivity index (χ1v) is 12.3. The highest BCUT2D eigenvalue weighted by Crippen LogP contribution is 2.35. The molecular weight excluding hydrogens is 536 g/mol. The van der Waals surface area contributed by atoms with Gasteiger partial charge in [-0.2, -0.15) is 0 Å². The highest BCUT2D eigenvalue weighted by atomic mass is 79.9. The van der Waals surface area contributed by atoms with Crippen molar-refractivity contribution in [3.8, 4) is 5.75 Å². The molecule has 6 nitrogen and oxygen atoms in total. The number of amides is 1. The Labute approximate surface area is 214 Å². The number of nitrogens with zero attached hydrogens (tertiary/aromatic N) is 2.